The van der Waals surface area contributed by atoms with E-state index in [2.05, 4.69) is 15.2 Å². The number of hydrogen-bond acceptors (Lipinski definition) is 7. The summed E-state index contributed by atoms with van der Waals surface area (Å²) >= 11 is 0. The van der Waals surface area contributed by atoms with Crippen LogP contribution in [0.5, 0.6) is 5.75 Å². The van der Waals surface area contributed by atoms with Crippen LogP contribution in [0, 0.1) is 0 Å². The fourth-order valence-electron chi connectivity index (χ4n) is 3.38. The first kappa shape index (κ1) is 23.2. The second-order valence-electron chi connectivity index (χ2n) is 7.71. The molecule has 0 radical (unpaired) electrons. The lowest BCUT2D eigenvalue weighted by Crippen LogP contribution is -2.50. The second kappa shape index (κ2) is 10.7. The van der Waals surface area contributed by atoms with Crippen LogP contribution in [-0.4, -0.2) is 75.9 Å². The molecule has 3 rings (SSSR count). The summed E-state index contributed by atoms with van der Waals surface area (Å²) in [7, 11) is 0. The third-order valence-electron chi connectivity index (χ3n) is 4.98. The van der Waals surface area contributed by atoms with Crippen molar-refractivity contribution in [1.29, 1.82) is 0 Å². The maximum absolute atomic E-state index is 12.5. The largest absolute Gasteiger partial charge is 0.491 e. The second-order valence-corrected chi connectivity index (χ2v) is 7.71. The van der Waals surface area contributed by atoms with E-state index >= 15 is 0 Å². The van der Waals surface area contributed by atoms with Crippen LogP contribution >= 0.6 is 0 Å². The number of rotatable bonds is 7. The number of nitrogens with one attached hydrogen (secondary N) is 1. The first-order valence-corrected chi connectivity index (χ1v) is 10.8. The molecule has 0 atom stereocenters. The molecule has 1 aliphatic heterocycles. The molecule has 2 aromatic rings. The Morgan fingerprint density at radius 1 is 1.12 bits per heavy atom. The van der Waals surface area contributed by atoms with Crippen LogP contribution in [0.4, 0.5) is 4.79 Å². The maximum atomic E-state index is 12.5. The Bertz CT molecular complexity index is 998. The van der Waals surface area contributed by atoms with E-state index in [-0.39, 0.29) is 42.2 Å². The Hall–Kier alpha value is -3.43. The van der Waals surface area contributed by atoms with Crippen LogP contribution < -0.4 is 10.3 Å². The Balaban J connectivity index is 1.56. The van der Waals surface area contributed by atoms with Gasteiger partial charge in [-0.25, -0.2) is 4.79 Å². The number of hydrogen-bond donors (Lipinski definition) is 1. The van der Waals surface area contributed by atoms with Gasteiger partial charge in [0.1, 0.15) is 11.4 Å². The van der Waals surface area contributed by atoms with Gasteiger partial charge in [0.05, 0.1) is 12.7 Å². The van der Waals surface area contributed by atoms with Gasteiger partial charge in [0.15, 0.2) is 5.82 Å². The zero-order valence-corrected chi connectivity index (χ0v) is 18.7. The molecule has 0 bridgehead atoms. The molecule has 172 valence electrons. The van der Waals surface area contributed by atoms with Gasteiger partial charge in [-0.2, -0.15) is 0 Å². The number of carbonyl (C=O) groups is 2. The lowest BCUT2D eigenvalue weighted by atomic mass is 10.2. The highest BCUT2D eigenvalue weighted by Gasteiger charge is 2.24. The molecule has 1 aromatic carbocycles. The van der Waals surface area contributed by atoms with Crippen LogP contribution in [0.2, 0.25) is 0 Å². The average molecular weight is 444 g/mol. The van der Waals surface area contributed by atoms with Gasteiger partial charge in [-0.15, -0.1) is 10.2 Å². The molecule has 10 nitrogen and oxygen atoms in total. The van der Waals surface area contributed by atoms with Gasteiger partial charge in [0.25, 0.3) is 5.56 Å². The summed E-state index contributed by atoms with van der Waals surface area (Å²) in [6, 6.07) is 7.26. The smallest absolute Gasteiger partial charge is 0.409 e. The van der Waals surface area contributed by atoms with E-state index < -0.39 is 0 Å². The highest BCUT2D eigenvalue weighted by molar-refractivity contribution is 5.77. The minimum absolute atomic E-state index is 0.0310. The first-order valence-electron chi connectivity index (χ1n) is 10.8. The Morgan fingerprint density at radius 3 is 2.50 bits per heavy atom. The van der Waals surface area contributed by atoms with E-state index in [4.69, 9.17) is 9.47 Å². The number of carbonyl (C=O) groups excluding carboxylic acids is 2. The summed E-state index contributed by atoms with van der Waals surface area (Å²) in [5.74, 6) is 0.935. The lowest BCUT2D eigenvalue weighted by molar-refractivity contribution is -0.132. The molecule has 1 N–H and O–H groups in total. The van der Waals surface area contributed by atoms with Crippen LogP contribution in [0.25, 0.3) is 11.4 Å². The van der Waals surface area contributed by atoms with E-state index in [1.54, 1.807) is 22.8 Å². The van der Waals surface area contributed by atoms with Crippen molar-refractivity contribution in [2.45, 2.75) is 39.7 Å². The molecule has 1 aliphatic rings. The molecule has 1 fully saturated rings. The van der Waals surface area contributed by atoms with Gasteiger partial charge < -0.3 is 24.3 Å². The summed E-state index contributed by atoms with van der Waals surface area (Å²) in [6.07, 6.45) is 0.0100. The van der Waals surface area contributed by atoms with Crippen molar-refractivity contribution in [2.75, 3.05) is 32.8 Å². The average Bonchev–Trinajstić information content (AvgIpc) is 2.78. The molecule has 10 heteroatoms. The van der Waals surface area contributed by atoms with Crippen LogP contribution in [-0.2, 0) is 16.0 Å². The standard InChI is InChI=1S/C22H29N5O5/c1-4-31-22(30)27-12-10-26(11-13-27)19(28)9-8-18-21(29)23-20(25-24-18)16-6-5-7-17(14-16)32-15(2)3/h5-7,14-15H,4,8-13H2,1-3H3,(H,23,25,29). The molecular formula is C22H29N5O5. The van der Waals surface area contributed by atoms with Gasteiger partial charge in [-0.1, -0.05) is 12.1 Å². The number of piperazine rings is 1. The summed E-state index contributed by atoms with van der Waals surface area (Å²) in [5, 5.41) is 8.17. The van der Waals surface area contributed by atoms with E-state index in [0.717, 1.165) is 0 Å². The van der Waals surface area contributed by atoms with E-state index in [1.165, 1.54) is 0 Å². The van der Waals surface area contributed by atoms with Gasteiger partial charge in [-0.05, 0) is 32.9 Å². The fraction of sp³-hybridized carbons (Fsp3) is 0.500. The number of amides is 2. The molecule has 32 heavy (non-hydrogen) atoms. The van der Waals surface area contributed by atoms with Crippen LogP contribution in [0.3, 0.4) is 0 Å². The SMILES string of the molecule is CCOC(=O)N1CCN(C(=O)CCc2nnc(-c3cccc(OC(C)C)c3)[nH]c2=O)CC1. The number of H-pyrrole nitrogens is 1. The van der Waals surface area contributed by atoms with Crippen molar-refractivity contribution >= 4 is 12.0 Å². The Morgan fingerprint density at radius 2 is 1.84 bits per heavy atom. The summed E-state index contributed by atoms with van der Waals surface area (Å²) in [4.78, 5) is 42.8. The predicted molar refractivity (Wildman–Crippen MR) is 117 cm³/mol. The molecule has 0 saturated carbocycles. The highest BCUT2D eigenvalue weighted by atomic mass is 16.6. The van der Waals surface area contributed by atoms with Crippen molar-refractivity contribution in [3.63, 3.8) is 0 Å². The third-order valence-corrected chi connectivity index (χ3v) is 4.98. The fourth-order valence-corrected chi connectivity index (χ4v) is 3.38. The van der Waals surface area contributed by atoms with Crippen molar-refractivity contribution in [2.24, 2.45) is 0 Å². The number of ether oxygens (including phenoxy) is 2. The molecule has 2 amide bonds. The van der Waals surface area contributed by atoms with E-state index in [9.17, 15) is 14.4 Å². The monoisotopic (exact) mass is 443 g/mol. The molecule has 0 aliphatic carbocycles. The van der Waals surface area contributed by atoms with Crippen molar-refractivity contribution < 1.29 is 19.1 Å². The highest BCUT2D eigenvalue weighted by Crippen LogP contribution is 2.20. The Kier molecular flexibility index (Phi) is 7.80. The number of aromatic nitrogens is 3. The normalized spacial score (nSPS) is 13.9. The van der Waals surface area contributed by atoms with Crippen molar-refractivity contribution in [3.8, 4) is 17.1 Å². The topological polar surface area (TPSA) is 118 Å². The van der Waals surface area contributed by atoms with Crippen molar-refractivity contribution in [1.82, 2.24) is 25.0 Å². The van der Waals surface area contributed by atoms with Crippen LogP contribution in [0.15, 0.2) is 29.1 Å². The zero-order valence-electron chi connectivity index (χ0n) is 18.7. The minimum atomic E-state index is -0.370. The maximum Gasteiger partial charge on any atom is 0.409 e. The minimum Gasteiger partial charge on any atom is -0.491 e. The number of nitrogens with zero attached hydrogens (tertiary/aromatic N) is 4. The zero-order chi connectivity index (χ0) is 23.1. The third kappa shape index (κ3) is 6.05. The molecule has 1 aromatic heterocycles. The van der Waals surface area contributed by atoms with Gasteiger partial charge in [0.2, 0.25) is 5.91 Å². The van der Waals surface area contributed by atoms with Gasteiger partial charge >= 0.3 is 6.09 Å². The summed E-state index contributed by atoms with van der Waals surface area (Å²) < 4.78 is 10.7. The quantitative estimate of drug-likeness (QED) is 0.694. The number of aryl methyl sites for hydroxylation is 1. The lowest BCUT2D eigenvalue weighted by Gasteiger charge is -2.34. The van der Waals surface area contributed by atoms with Gasteiger partial charge in [-0.3, -0.25) is 9.59 Å². The van der Waals surface area contributed by atoms with Crippen molar-refractivity contribution in [3.05, 3.63) is 40.3 Å². The number of benzene rings is 1. The number of aromatic amines is 1. The molecule has 2 heterocycles. The molecule has 1 saturated heterocycles. The van der Waals surface area contributed by atoms with E-state index in [0.29, 0.717) is 49.9 Å². The molecule has 0 spiro atoms. The van der Waals surface area contributed by atoms with Crippen LogP contribution in [0.1, 0.15) is 32.9 Å². The summed E-state index contributed by atoms with van der Waals surface area (Å²) in [6.45, 7) is 7.69. The molecule has 0 unspecified atom stereocenters. The Labute approximate surface area is 186 Å². The summed E-state index contributed by atoms with van der Waals surface area (Å²) in [5.41, 5.74) is 0.529. The van der Waals surface area contributed by atoms with E-state index in [1.807, 2.05) is 32.0 Å². The molecular weight excluding hydrogens is 414 g/mol. The first-order chi connectivity index (χ1) is 15.4. The predicted octanol–water partition coefficient (Wildman–Crippen LogP) is 1.85. The van der Waals surface area contributed by atoms with Gasteiger partial charge in [0, 0.05) is 44.6 Å².